The standard InChI is InChI=1S/C20H38N2O3/c1-10-11-12-21(15(2)23)16-13-19(6,7)22(20(8,9)14-16)25-17(24)18(3,4)5/h16H,10-14H2,1-9H3. The maximum atomic E-state index is 12.4. The second-order valence-electron chi connectivity index (χ2n) is 9.68. The van der Waals surface area contributed by atoms with Gasteiger partial charge in [0.05, 0.1) is 16.5 Å². The molecule has 1 fully saturated rings. The molecule has 1 aliphatic rings. The summed E-state index contributed by atoms with van der Waals surface area (Å²) in [4.78, 5) is 32.5. The van der Waals surface area contributed by atoms with Crippen molar-refractivity contribution in [3.05, 3.63) is 0 Å². The number of hydrogen-bond acceptors (Lipinski definition) is 4. The van der Waals surface area contributed by atoms with Crippen molar-refractivity contribution in [2.75, 3.05) is 6.54 Å². The molecule has 0 unspecified atom stereocenters. The van der Waals surface area contributed by atoms with Gasteiger partial charge in [-0.1, -0.05) is 13.3 Å². The molecule has 1 saturated heterocycles. The van der Waals surface area contributed by atoms with E-state index in [1.54, 1.807) is 6.92 Å². The van der Waals surface area contributed by atoms with Crippen LogP contribution in [0.2, 0.25) is 0 Å². The topological polar surface area (TPSA) is 49.9 Å². The van der Waals surface area contributed by atoms with Gasteiger partial charge in [-0.3, -0.25) is 4.79 Å². The molecular formula is C20H38N2O3. The van der Waals surface area contributed by atoms with Crippen molar-refractivity contribution in [2.24, 2.45) is 5.41 Å². The Balaban J connectivity index is 3.04. The third kappa shape index (κ3) is 5.44. The Morgan fingerprint density at radius 1 is 1.12 bits per heavy atom. The molecule has 0 spiro atoms. The molecule has 0 aromatic carbocycles. The predicted octanol–water partition coefficient (Wildman–Crippen LogP) is 4.16. The van der Waals surface area contributed by atoms with Crippen LogP contribution in [0.25, 0.3) is 0 Å². The largest absolute Gasteiger partial charge is 0.366 e. The summed E-state index contributed by atoms with van der Waals surface area (Å²) in [6.07, 6.45) is 3.66. The first kappa shape index (κ1) is 21.9. The van der Waals surface area contributed by atoms with E-state index in [0.717, 1.165) is 32.2 Å². The number of piperidine rings is 1. The van der Waals surface area contributed by atoms with E-state index in [9.17, 15) is 9.59 Å². The van der Waals surface area contributed by atoms with E-state index in [2.05, 4.69) is 34.6 Å². The van der Waals surface area contributed by atoms with Gasteiger partial charge in [-0.2, -0.15) is 0 Å². The van der Waals surface area contributed by atoms with E-state index < -0.39 is 5.41 Å². The molecule has 1 aliphatic heterocycles. The first-order valence-electron chi connectivity index (χ1n) is 9.52. The van der Waals surface area contributed by atoms with Crippen molar-refractivity contribution in [3.8, 4) is 0 Å². The first-order chi connectivity index (χ1) is 11.2. The zero-order valence-corrected chi connectivity index (χ0v) is 17.7. The van der Waals surface area contributed by atoms with Crippen LogP contribution in [-0.2, 0) is 14.4 Å². The Morgan fingerprint density at radius 2 is 1.60 bits per heavy atom. The monoisotopic (exact) mass is 354 g/mol. The molecule has 25 heavy (non-hydrogen) atoms. The number of carbonyl (C=O) groups is 2. The van der Waals surface area contributed by atoms with Crippen LogP contribution in [0.1, 0.15) is 88.0 Å². The molecule has 1 heterocycles. The van der Waals surface area contributed by atoms with Crippen LogP contribution in [0.5, 0.6) is 0 Å². The van der Waals surface area contributed by atoms with Crippen molar-refractivity contribution in [1.29, 1.82) is 0 Å². The van der Waals surface area contributed by atoms with Crippen molar-refractivity contribution < 1.29 is 14.4 Å². The van der Waals surface area contributed by atoms with Crippen LogP contribution in [0.15, 0.2) is 0 Å². The molecule has 0 radical (unpaired) electrons. The zero-order chi connectivity index (χ0) is 19.6. The number of unbranched alkanes of at least 4 members (excludes halogenated alkanes) is 1. The van der Waals surface area contributed by atoms with Crippen molar-refractivity contribution in [3.63, 3.8) is 0 Å². The Kier molecular flexibility index (Phi) is 6.71. The number of hydrogen-bond donors (Lipinski definition) is 0. The van der Waals surface area contributed by atoms with Gasteiger partial charge >= 0.3 is 5.97 Å². The lowest BCUT2D eigenvalue weighted by atomic mass is 9.78. The van der Waals surface area contributed by atoms with E-state index >= 15 is 0 Å². The van der Waals surface area contributed by atoms with Crippen LogP contribution in [-0.4, -0.2) is 45.5 Å². The third-order valence-corrected chi connectivity index (χ3v) is 4.95. The fourth-order valence-electron chi connectivity index (χ4n) is 3.82. The average Bonchev–Trinajstić information content (AvgIpc) is 2.40. The fourth-order valence-corrected chi connectivity index (χ4v) is 3.82. The number of nitrogens with zero attached hydrogens (tertiary/aromatic N) is 2. The van der Waals surface area contributed by atoms with Gasteiger partial charge in [-0.15, -0.1) is 5.06 Å². The number of hydroxylamine groups is 2. The molecule has 5 heteroatoms. The quantitative estimate of drug-likeness (QED) is 0.744. The highest BCUT2D eigenvalue weighted by atomic mass is 16.7. The van der Waals surface area contributed by atoms with Gasteiger partial charge in [0.25, 0.3) is 0 Å². The molecule has 0 atom stereocenters. The second kappa shape index (κ2) is 7.65. The van der Waals surface area contributed by atoms with Gasteiger partial charge in [0.15, 0.2) is 0 Å². The summed E-state index contributed by atoms with van der Waals surface area (Å²) in [7, 11) is 0. The van der Waals surface area contributed by atoms with Crippen LogP contribution in [0, 0.1) is 5.41 Å². The minimum Gasteiger partial charge on any atom is -0.366 e. The van der Waals surface area contributed by atoms with Crippen molar-refractivity contribution in [1.82, 2.24) is 9.96 Å². The summed E-state index contributed by atoms with van der Waals surface area (Å²) in [5, 5.41) is 1.86. The maximum Gasteiger partial charge on any atom is 0.330 e. The summed E-state index contributed by atoms with van der Waals surface area (Å²) in [5.41, 5.74) is -1.23. The summed E-state index contributed by atoms with van der Waals surface area (Å²) >= 11 is 0. The minimum absolute atomic E-state index is 0.130. The van der Waals surface area contributed by atoms with Crippen LogP contribution >= 0.6 is 0 Å². The lowest BCUT2D eigenvalue weighted by molar-refractivity contribution is -0.277. The van der Waals surface area contributed by atoms with E-state index in [1.807, 2.05) is 30.7 Å². The zero-order valence-electron chi connectivity index (χ0n) is 17.7. The minimum atomic E-state index is -0.546. The summed E-state index contributed by atoms with van der Waals surface area (Å²) in [5.74, 6) is -0.0910. The van der Waals surface area contributed by atoms with E-state index in [-0.39, 0.29) is 29.0 Å². The lowest BCUT2D eigenvalue weighted by Gasteiger charge is -2.55. The van der Waals surface area contributed by atoms with E-state index in [4.69, 9.17) is 4.84 Å². The SMILES string of the molecule is CCCCN(C(C)=O)C1CC(C)(C)N(OC(=O)C(C)(C)C)C(C)(C)C1. The number of amides is 1. The fraction of sp³-hybridized carbons (Fsp3) is 0.900. The summed E-state index contributed by atoms with van der Waals surface area (Å²) in [6.45, 7) is 18.6. The molecule has 1 rings (SSSR count). The molecule has 146 valence electrons. The third-order valence-electron chi connectivity index (χ3n) is 4.95. The smallest absolute Gasteiger partial charge is 0.330 e. The van der Waals surface area contributed by atoms with Crippen LogP contribution in [0.4, 0.5) is 0 Å². The van der Waals surface area contributed by atoms with Gasteiger partial charge < -0.3 is 9.74 Å². The number of rotatable bonds is 5. The van der Waals surface area contributed by atoms with Gasteiger partial charge in [0.2, 0.25) is 5.91 Å². The molecule has 0 bridgehead atoms. The normalized spacial score (nSPS) is 21.0. The Labute approximate surface area is 154 Å². The van der Waals surface area contributed by atoms with Gasteiger partial charge in [0, 0.05) is 19.5 Å². The van der Waals surface area contributed by atoms with Crippen molar-refractivity contribution in [2.45, 2.75) is 105 Å². The van der Waals surface area contributed by atoms with E-state index in [1.165, 1.54) is 0 Å². The highest BCUT2D eigenvalue weighted by molar-refractivity contribution is 5.75. The summed E-state index contributed by atoms with van der Waals surface area (Å²) < 4.78 is 0. The first-order valence-corrected chi connectivity index (χ1v) is 9.52. The molecule has 0 saturated carbocycles. The van der Waals surface area contributed by atoms with Gasteiger partial charge in [-0.05, 0) is 67.7 Å². The molecule has 0 N–H and O–H groups in total. The predicted molar refractivity (Wildman–Crippen MR) is 101 cm³/mol. The highest BCUT2D eigenvalue weighted by Gasteiger charge is 2.50. The highest BCUT2D eigenvalue weighted by Crippen LogP contribution is 2.41. The van der Waals surface area contributed by atoms with Crippen molar-refractivity contribution >= 4 is 11.9 Å². The Morgan fingerprint density at radius 3 is 1.96 bits per heavy atom. The maximum absolute atomic E-state index is 12.4. The Bertz CT molecular complexity index is 474. The van der Waals surface area contributed by atoms with Gasteiger partial charge in [0.1, 0.15) is 0 Å². The summed E-state index contributed by atoms with van der Waals surface area (Å²) in [6, 6.07) is 0.165. The molecular weight excluding hydrogens is 316 g/mol. The second-order valence-corrected chi connectivity index (χ2v) is 9.68. The van der Waals surface area contributed by atoms with Crippen LogP contribution < -0.4 is 0 Å². The molecule has 0 aromatic rings. The van der Waals surface area contributed by atoms with Gasteiger partial charge in [-0.25, -0.2) is 4.79 Å². The Hall–Kier alpha value is -1.10. The molecule has 5 nitrogen and oxygen atoms in total. The molecule has 0 aliphatic carbocycles. The average molecular weight is 355 g/mol. The molecule has 0 aromatic heterocycles. The van der Waals surface area contributed by atoms with Crippen LogP contribution in [0.3, 0.4) is 0 Å². The number of carbonyl (C=O) groups excluding carboxylic acids is 2. The molecule has 1 amide bonds. The lowest BCUT2D eigenvalue weighted by Crippen LogP contribution is -2.65. The van der Waals surface area contributed by atoms with E-state index in [0.29, 0.717) is 0 Å².